The predicted octanol–water partition coefficient (Wildman–Crippen LogP) is 3.03. The van der Waals surface area contributed by atoms with Crippen molar-refractivity contribution in [1.29, 1.82) is 5.26 Å². The molecule has 0 aliphatic heterocycles. The van der Waals surface area contributed by atoms with Crippen molar-refractivity contribution < 1.29 is 4.39 Å². The molecule has 0 unspecified atom stereocenters. The molecule has 0 aliphatic rings. The second-order valence-corrected chi connectivity index (χ2v) is 3.95. The smallest absolute Gasteiger partial charge is 0.189 e. The summed E-state index contributed by atoms with van der Waals surface area (Å²) >= 11 is 0. The Bertz CT molecular complexity index is 702. The Labute approximate surface area is 104 Å². The number of rotatable bonds is 1. The normalized spacial score (nSPS) is 9.83. The molecule has 2 nitrogen and oxygen atoms in total. The van der Waals surface area contributed by atoms with Crippen LogP contribution in [0.3, 0.4) is 0 Å². The number of nitrogens with zero attached hydrogens (tertiary/aromatic N) is 1. The molecule has 0 radical (unpaired) electrons. The van der Waals surface area contributed by atoms with E-state index in [2.05, 4.69) is 0 Å². The van der Waals surface area contributed by atoms with E-state index < -0.39 is 5.82 Å². The predicted molar refractivity (Wildman–Crippen MR) is 67.6 cm³/mol. The third-order valence-electron chi connectivity index (χ3n) is 2.72. The van der Waals surface area contributed by atoms with Gasteiger partial charge in [0.1, 0.15) is 5.82 Å². The molecule has 0 N–H and O–H groups in total. The van der Waals surface area contributed by atoms with Crippen LogP contribution in [-0.4, -0.2) is 0 Å². The first-order valence-corrected chi connectivity index (χ1v) is 5.43. The number of hydrogen-bond acceptors (Lipinski definition) is 2. The number of aryl methyl sites for hydroxylation is 1. The fourth-order valence-corrected chi connectivity index (χ4v) is 1.77. The molecule has 0 amide bonds. The summed E-state index contributed by atoms with van der Waals surface area (Å²) < 4.78 is 13.1. The summed E-state index contributed by atoms with van der Waals surface area (Å²) in [5.41, 5.74) is 1.47. The van der Waals surface area contributed by atoms with E-state index in [-0.39, 0.29) is 11.0 Å². The minimum atomic E-state index is -0.486. The zero-order valence-corrected chi connectivity index (χ0v) is 9.77. The van der Waals surface area contributed by atoms with Crippen LogP contribution in [0.5, 0.6) is 0 Å². The molecule has 0 aromatic heterocycles. The Hall–Kier alpha value is -2.47. The Morgan fingerprint density at radius 3 is 2.56 bits per heavy atom. The molecule has 0 spiro atoms. The minimum absolute atomic E-state index is 0.150. The van der Waals surface area contributed by atoms with E-state index >= 15 is 0 Å². The molecule has 2 rings (SSSR count). The van der Waals surface area contributed by atoms with Crippen molar-refractivity contribution in [1.82, 2.24) is 0 Å². The zero-order chi connectivity index (χ0) is 13.1. The summed E-state index contributed by atoms with van der Waals surface area (Å²) in [6.07, 6.45) is 0. The lowest BCUT2D eigenvalue weighted by Gasteiger charge is -2.02. The minimum Gasteiger partial charge on any atom is -0.289 e. The molecule has 0 heterocycles. The van der Waals surface area contributed by atoms with Crippen LogP contribution in [0.2, 0.25) is 0 Å². The Balaban J connectivity index is 2.80. The molecular weight excluding hydrogens is 229 g/mol. The van der Waals surface area contributed by atoms with Gasteiger partial charge in [-0.1, -0.05) is 30.3 Å². The monoisotopic (exact) mass is 239 g/mol. The van der Waals surface area contributed by atoms with Crippen molar-refractivity contribution in [2.75, 3.05) is 0 Å². The third-order valence-corrected chi connectivity index (χ3v) is 2.72. The molecule has 18 heavy (non-hydrogen) atoms. The standard InChI is InChI=1S/C15H10FNO/c1-10-4-2-3-5-14(15(10)18)13-7-6-12(16)8-11(13)9-17/h2-8H,1H3. The van der Waals surface area contributed by atoms with Crippen LogP contribution >= 0.6 is 0 Å². The van der Waals surface area contributed by atoms with Gasteiger partial charge in [-0.25, -0.2) is 4.39 Å². The van der Waals surface area contributed by atoms with Gasteiger partial charge in [0, 0.05) is 11.1 Å². The highest BCUT2D eigenvalue weighted by Crippen LogP contribution is 2.21. The van der Waals surface area contributed by atoms with Crippen molar-refractivity contribution >= 4 is 0 Å². The van der Waals surface area contributed by atoms with Gasteiger partial charge in [-0.2, -0.15) is 5.26 Å². The molecule has 0 bridgehead atoms. The Kier molecular flexibility index (Phi) is 3.20. The van der Waals surface area contributed by atoms with E-state index in [0.717, 1.165) is 6.07 Å². The van der Waals surface area contributed by atoms with Gasteiger partial charge < -0.3 is 0 Å². The Morgan fingerprint density at radius 1 is 1.11 bits per heavy atom. The maximum atomic E-state index is 13.1. The van der Waals surface area contributed by atoms with Gasteiger partial charge in [-0.05, 0) is 24.6 Å². The first-order chi connectivity index (χ1) is 8.63. The van der Waals surface area contributed by atoms with Crippen LogP contribution in [0.25, 0.3) is 11.1 Å². The molecule has 0 saturated heterocycles. The highest BCUT2D eigenvalue weighted by molar-refractivity contribution is 5.70. The summed E-state index contributed by atoms with van der Waals surface area (Å²) in [7, 11) is 0. The van der Waals surface area contributed by atoms with Crippen LogP contribution in [0, 0.1) is 24.1 Å². The molecule has 2 aromatic carbocycles. The second kappa shape index (κ2) is 4.80. The lowest BCUT2D eigenvalue weighted by molar-refractivity contribution is 0.627. The number of benzene rings is 1. The second-order valence-electron chi connectivity index (χ2n) is 3.95. The fourth-order valence-electron chi connectivity index (χ4n) is 1.77. The molecule has 0 aliphatic carbocycles. The van der Waals surface area contributed by atoms with Gasteiger partial charge in [0.15, 0.2) is 5.43 Å². The highest BCUT2D eigenvalue weighted by atomic mass is 19.1. The maximum absolute atomic E-state index is 13.1. The average molecular weight is 239 g/mol. The van der Waals surface area contributed by atoms with Crippen LogP contribution < -0.4 is 5.43 Å². The first kappa shape index (κ1) is 12.0. The highest BCUT2D eigenvalue weighted by Gasteiger charge is 2.09. The molecule has 0 saturated carbocycles. The van der Waals surface area contributed by atoms with Gasteiger partial charge in [0.05, 0.1) is 11.6 Å². The summed E-state index contributed by atoms with van der Waals surface area (Å²) in [4.78, 5) is 12.1. The van der Waals surface area contributed by atoms with Gasteiger partial charge in [-0.15, -0.1) is 0 Å². The largest absolute Gasteiger partial charge is 0.289 e. The summed E-state index contributed by atoms with van der Waals surface area (Å²) in [5.74, 6) is -0.486. The third kappa shape index (κ3) is 2.14. The van der Waals surface area contributed by atoms with E-state index in [9.17, 15) is 9.18 Å². The van der Waals surface area contributed by atoms with E-state index in [4.69, 9.17) is 5.26 Å². The lowest BCUT2D eigenvalue weighted by Crippen LogP contribution is -2.05. The van der Waals surface area contributed by atoms with E-state index in [0.29, 0.717) is 16.7 Å². The average Bonchev–Trinajstić information content (AvgIpc) is 2.53. The number of hydrogen-bond donors (Lipinski definition) is 0. The SMILES string of the molecule is Cc1ccccc(-c2ccc(F)cc2C#N)c1=O. The van der Waals surface area contributed by atoms with E-state index in [1.807, 2.05) is 6.07 Å². The molecule has 0 atom stereocenters. The Morgan fingerprint density at radius 2 is 1.83 bits per heavy atom. The first-order valence-electron chi connectivity index (χ1n) is 5.43. The summed E-state index contributed by atoms with van der Waals surface area (Å²) in [6.45, 7) is 1.71. The molecular formula is C15H10FNO. The quantitative estimate of drug-likeness (QED) is 0.767. The zero-order valence-electron chi connectivity index (χ0n) is 9.77. The number of nitriles is 1. The lowest BCUT2D eigenvalue weighted by atomic mass is 10.0. The number of halogens is 1. The fraction of sp³-hybridized carbons (Fsp3) is 0.0667. The van der Waals surface area contributed by atoms with Gasteiger partial charge in [0.2, 0.25) is 0 Å². The molecule has 88 valence electrons. The van der Waals surface area contributed by atoms with Crippen molar-refractivity contribution in [2.45, 2.75) is 6.92 Å². The summed E-state index contributed by atoms with van der Waals surface area (Å²) in [5, 5.41) is 9.01. The summed E-state index contributed by atoms with van der Waals surface area (Å²) in [6, 6.07) is 12.6. The van der Waals surface area contributed by atoms with Gasteiger partial charge in [-0.3, -0.25) is 4.79 Å². The molecule has 2 aromatic rings. The van der Waals surface area contributed by atoms with Crippen molar-refractivity contribution in [3.8, 4) is 17.2 Å². The van der Waals surface area contributed by atoms with Crippen molar-refractivity contribution in [3.05, 3.63) is 69.6 Å². The van der Waals surface area contributed by atoms with Crippen LogP contribution in [0.1, 0.15) is 11.1 Å². The van der Waals surface area contributed by atoms with Crippen LogP contribution in [-0.2, 0) is 0 Å². The molecule has 3 heteroatoms. The van der Waals surface area contributed by atoms with Crippen LogP contribution in [0.4, 0.5) is 4.39 Å². The van der Waals surface area contributed by atoms with E-state index in [1.165, 1.54) is 12.1 Å². The van der Waals surface area contributed by atoms with Crippen molar-refractivity contribution in [3.63, 3.8) is 0 Å². The molecule has 0 fully saturated rings. The van der Waals surface area contributed by atoms with E-state index in [1.54, 1.807) is 31.2 Å². The van der Waals surface area contributed by atoms with Gasteiger partial charge in [0.25, 0.3) is 0 Å². The topological polar surface area (TPSA) is 40.9 Å². The van der Waals surface area contributed by atoms with Crippen LogP contribution in [0.15, 0.2) is 47.3 Å². The van der Waals surface area contributed by atoms with Crippen molar-refractivity contribution in [2.24, 2.45) is 0 Å². The van der Waals surface area contributed by atoms with Gasteiger partial charge >= 0.3 is 0 Å². The maximum Gasteiger partial charge on any atom is 0.189 e.